The number of hydrogen-bond donors (Lipinski definition) is 2. The van der Waals surface area contributed by atoms with Crippen LogP contribution >= 0.6 is 0 Å². The largest absolute Gasteiger partial charge is 0.453 e. The van der Waals surface area contributed by atoms with Crippen LogP contribution in [-0.4, -0.2) is 34.0 Å². The highest BCUT2D eigenvalue weighted by Crippen LogP contribution is 2.55. The van der Waals surface area contributed by atoms with Crippen molar-refractivity contribution < 1.29 is 19.7 Å². The molecule has 2 aliphatic rings. The lowest BCUT2D eigenvalue weighted by atomic mass is 9.53. The monoisotopic (exact) mass is 384 g/mol. The van der Waals surface area contributed by atoms with Crippen LogP contribution in [0.4, 0.5) is 0 Å². The van der Waals surface area contributed by atoms with E-state index in [1.807, 2.05) is 44.2 Å². The molecular formula is C24H32O4. The molecule has 1 fully saturated rings. The summed E-state index contributed by atoms with van der Waals surface area (Å²) in [6, 6.07) is 9.56. The molecule has 0 bridgehead atoms. The Morgan fingerprint density at radius 2 is 1.86 bits per heavy atom. The van der Waals surface area contributed by atoms with E-state index in [-0.39, 0.29) is 12.3 Å². The van der Waals surface area contributed by atoms with E-state index in [0.717, 1.165) is 12.0 Å². The minimum absolute atomic E-state index is 0.143. The summed E-state index contributed by atoms with van der Waals surface area (Å²) in [6.07, 6.45) is 5.49. The van der Waals surface area contributed by atoms with Crippen LogP contribution in [-0.2, 0) is 9.53 Å². The van der Waals surface area contributed by atoms with Gasteiger partial charge in [-0.1, -0.05) is 62.8 Å². The summed E-state index contributed by atoms with van der Waals surface area (Å²) in [5.74, 6) is -0.223. The highest BCUT2D eigenvalue weighted by atomic mass is 16.6. The molecule has 0 heterocycles. The average Bonchev–Trinajstić information content (AvgIpc) is 2.66. The van der Waals surface area contributed by atoms with Gasteiger partial charge in [-0.3, -0.25) is 0 Å². The van der Waals surface area contributed by atoms with E-state index in [2.05, 4.69) is 19.9 Å². The van der Waals surface area contributed by atoms with Crippen LogP contribution in [0, 0.1) is 17.3 Å². The number of carbonyl (C=O) groups excluding carboxylic acids is 1. The zero-order valence-electron chi connectivity index (χ0n) is 17.3. The third-order valence-electron chi connectivity index (χ3n) is 6.87. The minimum Gasteiger partial charge on any atom is -0.453 e. The molecule has 152 valence electrons. The number of aliphatic hydroxyl groups is 2. The lowest BCUT2D eigenvalue weighted by molar-refractivity contribution is -0.225. The highest BCUT2D eigenvalue weighted by molar-refractivity contribution is 5.87. The van der Waals surface area contributed by atoms with E-state index in [0.29, 0.717) is 12.3 Å². The van der Waals surface area contributed by atoms with Gasteiger partial charge in [0.1, 0.15) is 5.60 Å². The van der Waals surface area contributed by atoms with Crippen LogP contribution in [0.25, 0.3) is 6.08 Å². The van der Waals surface area contributed by atoms with Gasteiger partial charge in [0.05, 0.1) is 12.2 Å². The Hall–Kier alpha value is -1.91. The van der Waals surface area contributed by atoms with Gasteiger partial charge in [0.15, 0.2) is 0 Å². The normalized spacial score (nSPS) is 35.5. The highest BCUT2D eigenvalue weighted by Gasteiger charge is 2.60. The molecule has 28 heavy (non-hydrogen) atoms. The molecule has 0 aliphatic heterocycles. The summed E-state index contributed by atoms with van der Waals surface area (Å²) >= 11 is 0. The van der Waals surface area contributed by atoms with Crippen molar-refractivity contribution in [3.63, 3.8) is 0 Å². The number of aliphatic hydroxyl groups excluding tert-OH is 2. The second-order valence-corrected chi connectivity index (χ2v) is 9.02. The van der Waals surface area contributed by atoms with Crippen molar-refractivity contribution in [2.24, 2.45) is 17.3 Å². The summed E-state index contributed by atoms with van der Waals surface area (Å²) in [6.45, 7) is 8.17. The van der Waals surface area contributed by atoms with Gasteiger partial charge in [0, 0.05) is 23.8 Å². The quantitative estimate of drug-likeness (QED) is 0.465. The number of carbonyl (C=O) groups is 1. The maximum absolute atomic E-state index is 12.6. The third-order valence-corrected chi connectivity index (χ3v) is 6.87. The van der Waals surface area contributed by atoms with Crippen LogP contribution in [0.2, 0.25) is 0 Å². The lowest BCUT2D eigenvalue weighted by Crippen LogP contribution is -2.64. The predicted molar refractivity (Wildman–Crippen MR) is 110 cm³/mol. The number of hydrogen-bond acceptors (Lipinski definition) is 4. The molecule has 4 nitrogen and oxygen atoms in total. The number of rotatable bonds is 4. The van der Waals surface area contributed by atoms with Gasteiger partial charge >= 0.3 is 5.97 Å². The smallest absolute Gasteiger partial charge is 0.331 e. The van der Waals surface area contributed by atoms with E-state index in [4.69, 9.17) is 4.74 Å². The van der Waals surface area contributed by atoms with Gasteiger partial charge in [-0.2, -0.15) is 0 Å². The Morgan fingerprint density at radius 3 is 2.50 bits per heavy atom. The Kier molecular flexibility index (Phi) is 5.83. The molecule has 1 aromatic rings. The number of allylic oxidation sites excluding steroid dienone is 2. The first-order valence-corrected chi connectivity index (χ1v) is 10.2. The number of fused-ring (bicyclic) bond motifs is 1. The van der Waals surface area contributed by atoms with Gasteiger partial charge in [0.25, 0.3) is 0 Å². The second-order valence-electron chi connectivity index (χ2n) is 9.02. The fourth-order valence-corrected chi connectivity index (χ4v) is 4.81. The Balaban J connectivity index is 1.85. The van der Waals surface area contributed by atoms with E-state index in [1.54, 1.807) is 6.08 Å². The van der Waals surface area contributed by atoms with Crippen molar-refractivity contribution in [3.05, 3.63) is 53.6 Å². The maximum atomic E-state index is 12.6. The zero-order chi connectivity index (χ0) is 20.5. The van der Waals surface area contributed by atoms with Crippen molar-refractivity contribution in [2.45, 2.75) is 64.8 Å². The lowest BCUT2D eigenvalue weighted by Gasteiger charge is -2.57. The van der Waals surface area contributed by atoms with Gasteiger partial charge in [-0.05, 0) is 37.3 Å². The molecule has 0 amide bonds. The fraction of sp³-hybridized carbons (Fsp3) is 0.542. The third kappa shape index (κ3) is 3.81. The van der Waals surface area contributed by atoms with Crippen LogP contribution in [0.15, 0.2) is 48.1 Å². The van der Waals surface area contributed by atoms with E-state index < -0.39 is 29.2 Å². The second kappa shape index (κ2) is 7.84. The molecule has 3 rings (SSSR count). The molecule has 2 N–H and O–H groups in total. The molecule has 0 radical (unpaired) electrons. The SMILES string of the molecule is CC(C)C1=CC[C@@]2(C)[C@H](O)C[C@@H](O)[C@](C)(OC(=O)C=Cc3ccccc3)[C@@H]2C1. The molecule has 2 aliphatic carbocycles. The van der Waals surface area contributed by atoms with Crippen molar-refractivity contribution in [1.82, 2.24) is 0 Å². The molecule has 1 aromatic carbocycles. The van der Waals surface area contributed by atoms with Crippen molar-refractivity contribution in [2.75, 3.05) is 0 Å². The summed E-state index contributed by atoms with van der Waals surface area (Å²) < 4.78 is 5.91. The molecule has 0 unspecified atom stereocenters. The van der Waals surface area contributed by atoms with E-state index in [9.17, 15) is 15.0 Å². The summed E-state index contributed by atoms with van der Waals surface area (Å²) in [5.41, 5.74) is 0.749. The van der Waals surface area contributed by atoms with Gasteiger partial charge in [0.2, 0.25) is 0 Å². The first kappa shape index (κ1) is 20.8. The predicted octanol–water partition coefficient (Wildman–Crippen LogP) is 4.13. The van der Waals surface area contributed by atoms with Gasteiger partial charge < -0.3 is 14.9 Å². The first-order chi connectivity index (χ1) is 13.2. The zero-order valence-corrected chi connectivity index (χ0v) is 17.3. The molecular weight excluding hydrogens is 352 g/mol. The van der Waals surface area contributed by atoms with Crippen LogP contribution in [0.5, 0.6) is 0 Å². The van der Waals surface area contributed by atoms with Gasteiger partial charge in [-0.25, -0.2) is 4.79 Å². The topological polar surface area (TPSA) is 66.8 Å². The summed E-state index contributed by atoms with van der Waals surface area (Å²) in [5, 5.41) is 21.6. The Bertz CT molecular complexity index is 766. The van der Waals surface area contributed by atoms with E-state index >= 15 is 0 Å². The standard InChI is InChI=1S/C24H32O4/c1-16(2)18-12-13-23(3)19(14-18)24(4,21(26)15-20(23)25)28-22(27)11-10-17-8-6-5-7-9-17/h5-12,16,19-21,25-26H,13-15H2,1-4H3/t19-,20-,21-,23-,24-/m1/s1. The average molecular weight is 385 g/mol. The van der Waals surface area contributed by atoms with Gasteiger partial charge in [-0.15, -0.1) is 0 Å². The number of ether oxygens (including phenoxy) is 1. The van der Waals surface area contributed by atoms with Crippen LogP contribution < -0.4 is 0 Å². The summed E-state index contributed by atoms with van der Waals surface area (Å²) in [7, 11) is 0. The molecule has 1 saturated carbocycles. The molecule has 5 atom stereocenters. The molecule has 0 saturated heterocycles. The molecule has 4 heteroatoms. The number of esters is 1. The summed E-state index contributed by atoms with van der Waals surface area (Å²) in [4.78, 5) is 12.6. The Morgan fingerprint density at radius 1 is 1.18 bits per heavy atom. The maximum Gasteiger partial charge on any atom is 0.331 e. The minimum atomic E-state index is -1.04. The van der Waals surface area contributed by atoms with E-state index in [1.165, 1.54) is 11.6 Å². The fourth-order valence-electron chi connectivity index (χ4n) is 4.81. The number of benzene rings is 1. The Labute approximate surface area is 167 Å². The van der Waals surface area contributed by atoms with Crippen molar-refractivity contribution in [3.8, 4) is 0 Å². The molecule has 0 spiro atoms. The molecule has 0 aromatic heterocycles. The van der Waals surface area contributed by atoms with Crippen LogP contribution in [0.3, 0.4) is 0 Å². The van der Waals surface area contributed by atoms with Crippen molar-refractivity contribution in [1.29, 1.82) is 0 Å². The van der Waals surface area contributed by atoms with Crippen LogP contribution in [0.1, 0.15) is 52.5 Å². The first-order valence-electron chi connectivity index (χ1n) is 10.2. The van der Waals surface area contributed by atoms with Crippen molar-refractivity contribution >= 4 is 12.0 Å².